The SMILES string of the molecule is CCCCCCCCCCCCCCCCCCCCCCCC(=O)O[C@H](COC(=O)CCCCCCCCCCCCCCCCCCC(C)C)COP(=O)(O)OC[C@@H](O)COP(=O)(O)OC[C@@H](COC(=O)CCCCCCCCCC(C)C)OC(=O)CCCCCCCCCCCCCCCCCCCC. The lowest BCUT2D eigenvalue weighted by atomic mass is 10.0. The zero-order valence-corrected chi connectivity index (χ0v) is 73.0. The number of phosphoric acid groups is 2. The van der Waals surface area contributed by atoms with Crippen LogP contribution in [0.5, 0.6) is 0 Å². The van der Waals surface area contributed by atoms with Gasteiger partial charge in [0.1, 0.15) is 19.3 Å². The summed E-state index contributed by atoms with van der Waals surface area (Å²) in [5.74, 6) is -0.582. The minimum atomic E-state index is -4.97. The maximum Gasteiger partial charge on any atom is 0.472 e. The average Bonchev–Trinajstić information content (AvgIpc) is 0.898. The first-order chi connectivity index (χ1) is 52.4. The summed E-state index contributed by atoms with van der Waals surface area (Å²) < 4.78 is 69.0. The number of esters is 4. The van der Waals surface area contributed by atoms with E-state index in [2.05, 4.69) is 41.5 Å². The van der Waals surface area contributed by atoms with Gasteiger partial charge in [0.25, 0.3) is 0 Å². The summed E-state index contributed by atoms with van der Waals surface area (Å²) in [5.41, 5.74) is 0. The maximum absolute atomic E-state index is 13.2. The average molecular weight is 1580 g/mol. The Hall–Kier alpha value is -1.94. The topological polar surface area (TPSA) is 237 Å². The van der Waals surface area contributed by atoms with Gasteiger partial charge < -0.3 is 33.8 Å². The molecule has 0 aliphatic carbocycles. The van der Waals surface area contributed by atoms with Crippen LogP contribution in [0.3, 0.4) is 0 Å². The van der Waals surface area contributed by atoms with Gasteiger partial charge in [-0.3, -0.25) is 37.3 Å². The Balaban J connectivity index is 5.22. The molecular formula is C89H174O17P2. The molecule has 0 saturated heterocycles. The first-order valence-electron chi connectivity index (χ1n) is 46.0. The van der Waals surface area contributed by atoms with Crippen LogP contribution in [0.1, 0.15) is 478 Å². The van der Waals surface area contributed by atoms with Crippen LogP contribution >= 0.6 is 15.6 Å². The van der Waals surface area contributed by atoms with Crippen molar-refractivity contribution >= 4 is 39.5 Å². The molecule has 17 nitrogen and oxygen atoms in total. The van der Waals surface area contributed by atoms with E-state index in [-0.39, 0.29) is 25.7 Å². The lowest BCUT2D eigenvalue weighted by Gasteiger charge is -2.21. The molecule has 0 radical (unpaired) electrons. The molecule has 0 aromatic rings. The lowest BCUT2D eigenvalue weighted by molar-refractivity contribution is -0.161. The first-order valence-corrected chi connectivity index (χ1v) is 49.0. The highest BCUT2D eigenvalue weighted by atomic mass is 31.2. The van der Waals surface area contributed by atoms with E-state index in [4.69, 9.17) is 37.0 Å². The highest BCUT2D eigenvalue weighted by Gasteiger charge is 2.31. The fraction of sp³-hybridized carbons (Fsp3) is 0.955. The maximum atomic E-state index is 13.2. The van der Waals surface area contributed by atoms with Gasteiger partial charge in [-0.15, -0.1) is 0 Å². The molecule has 0 saturated carbocycles. The van der Waals surface area contributed by atoms with E-state index < -0.39 is 97.5 Å². The van der Waals surface area contributed by atoms with Crippen LogP contribution < -0.4 is 0 Å². The molecule has 0 fully saturated rings. The van der Waals surface area contributed by atoms with E-state index in [1.165, 1.54) is 289 Å². The third-order valence-corrected chi connectivity index (χ3v) is 22.9. The van der Waals surface area contributed by atoms with Crippen molar-refractivity contribution < 1.29 is 80.2 Å². The van der Waals surface area contributed by atoms with E-state index in [0.29, 0.717) is 31.6 Å². The summed E-state index contributed by atoms with van der Waals surface area (Å²) in [6.07, 6.45) is 73.8. The molecule has 0 aliphatic rings. The van der Waals surface area contributed by atoms with Gasteiger partial charge >= 0.3 is 39.5 Å². The molecule has 642 valence electrons. The molecule has 0 bridgehead atoms. The quantitative estimate of drug-likeness (QED) is 0.0222. The summed E-state index contributed by atoms with van der Waals surface area (Å²) in [6, 6.07) is 0. The smallest absolute Gasteiger partial charge is 0.462 e. The van der Waals surface area contributed by atoms with E-state index in [9.17, 15) is 43.2 Å². The molecule has 0 spiro atoms. The predicted octanol–water partition coefficient (Wildman–Crippen LogP) is 27.4. The van der Waals surface area contributed by atoms with Crippen molar-refractivity contribution in [1.82, 2.24) is 0 Å². The Morgan fingerprint density at radius 3 is 0.630 bits per heavy atom. The summed E-state index contributed by atoms with van der Waals surface area (Å²) in [6.45, 7) is 9.67. The van der Waals surface area contributed by atoms with Gasteiger partial charge in [-0.25, -0.2) is 9.13 Å². The van der Waals surface area contributed by atoms with E-state index in [1.807, 2.05) is 0 Å². The third-order valence-electron chi connectivity index (χ3n) is 21.0. The van der Waals surface area contributed by atoms with Crippen LogP contribution in [0.2, 0.25) is 0 Å². The minimum Gasteiger partial charge on any atom is -0.462 e. The normalized spacial score (nSPS) is 13.8. The van der Waals surface area contributed by atoms with Crippen molar-refractivity contribution in [2.24, 2.45) is 11.8 Å². The highest BCUT2D eigenvalue weighted by Crippen LogP contribution is 2.45. The number of aliphatic hydroxyl groups is 1. The Kier molecular flexibility index (Phi) is 78.8. The van der Waals surface area contributed by atoms with Crippen LogP contribution in [-0.2, 0) is 65.4 Å². The number of carbonyl (C=O) groups excluding carboxylic acids is 4. The van der Waals surface area contributed by atoms with Crippen molar-refractivity contribution in [2.45, 2.75) is 496 Å². The number of hydrogen-bond donors (Lipinski definition) is 3. The van der Waals surface area contributed by atoms with Gasteiger partial charge in [-0.2, -0.15) is 0 Å². The summed E-state index contributed by atoms with van der Waals surface area (Å²) in [5, 5.41) is 10.7. The van der Waals surface area contributed by atoms with E-state index in [1.54, 1.807) is 0 Å². The number of unbranched alkanes of at least 4 members (excludes halogenated alkanes) is 58. The first kappa shape index (κ1) is 106. The van der Waals surface area contributed by atoms with Gasteiger partial charge in [0.2, 0.25) is 0 Å². The third kappa shape index (κ3) is 82.1. The van der Waals surface area contributed by atoms with Crippen LogP contribution in [0, 0.1) is 11.8 Å². The van der Waals surface area contributed by atoms with Gasteiger partial charge in [0.05, 0.1) is 26.4 Å². The number of phosphoric ester groups is 2. The number of hydrogen-bond acceptors (Lipinski definition) is 15. The van der Waals surface area contributed by atoms with Gasteiger partial charge in [-0.1, -0.05) is 427 Å². The van der Waals surface area contributed by atoms with E-state index in [0.717, 1.165) is 102 Å². The second-order valence-electron chi connectivity index (χ2n) is 32.9. The van der Waals surface area contributed by atoms with Crippen molar-refractivity contribution in [2.75, 3.05) is 39.6 Å². The standard InChI is InChI=1S/C89H174O17P2/c1-7-9-11-13-15-17-19-21-23-25-27-28-29-31-37-41-45-49-55-62-67-73-88(93)105-84(77-99-86(91)71-65-59-53-47-43-39-35-33-32-34-38-42-46-51-57-63-69-81(3)4)79-103-107(95,96)101-75-83(90)76-102-108(97,98)104-80-85(78-100-87(92)72-66-60-56-50-52-58-64-70-82(5)6)106-89(94)74-68-61-54-48-44-40-36-30-26-24-22-20-18-16-14-12-10-8-2/h81-85,90H,7-80H2,1-6H3,(H,95,96)(H,97,98)/t83-,84-,85-/m1/s1. The van der Waals surface area contributed by atoms with Gasteiger partial charge in [0, 0.05) is 25.7 Å². The van der Waals surface area contributed by atoms with Crippen molar-refractivity contribution in [1.29, 1.82) is 0 Å². The Morgan fingerprint density at radius 2 is 0.426 bits per heavy atom. The van der Waals surface area contributed by atoms with Gasteiger partial charge in [0.15, 0.2) is 12.2 Å². The Morgan fingerprint density at radius 1 is 0.250 bits per heavy atom. The molecule has 0 heterocycles. The fourth-order valence-corrected chi connectivity index (χ4v) is 15.5. The molecule has 0 aromatic heterocycles. The second kappa shape index (κ2) is 80.3. The number of ether oxygens (including phenoxy) is 4. The zero-order chi connectivity index (χ0) is 79.2. The number of aliphatic hydroxyl groups excluding tert-OH is 1. The lowest BCUT2D eigenvalue weighted by Crippen LogP contribution is -2.30. The van der Waals surface area contributed by atoms with Crippen molar-refractivity contribution in [3.63, 3.8) is 0 Å². The number of rotatable bonds is 88. The molecule has 19 heteroatoms. The van der Waals surface area contributed by atoms with Crippen molar-refractivity contribution in [3.8, 4) is 0 Å². The summed E-state index contributed by atoms with van der Waals surface area (Å²) in [4.78, 5) is 73.3. The Labute approximate surface area is 664 Å². The molecule has 0 aliphatic heterocycles. The minimum absolute atomic E-state index is 0.108. The molecule has 3 N–H and O–H groups in total. The predicted molar refractivity (Wildman–Crippen MR) is 446 cm³/mol. The monoisotopic (exact) mass is 1580 g/mol. The second-order valence-corrected chi connectivity index (χ2v) is 35.8. The van der Waals surface area contributed by atoms with Crippen molar-refractivity contribution in [3.05, 3.63) is 0 Å². The molecule has 108 heavy (non-hydrogen) atoms. The Bertz CT molecular complexity index is 2060. The van der Waals surface area contributed by atoms with Crippen LogP contribution in [-0.4, -0.2) is 96.7 Å². The van der Waals surface area contributed by atoms with Gasteiger partial charge in [-0.05, 0) is 37.5 Å². The number of carbonyl (C=O) groups is 4. The van der Waals surface area contributed by atoms with Crippen LogP contribution in [0.15, 0.2) is 0 Å². The molecule has 5 atom stereocenters. The summed E-state index contributed by atoms with van der Waals surface area (Å²) in [7, 11) is -9.93. The molecule has 0 amide bonds. The highest BCUT2D eigenvalue weighted by molar-refractivity contribution is 7.47. The molecule has 2 unspecified atom stereocenters. The fourth-order valence-electron chi connectivity index (χ4n) is 14.0. The summed E-state index contributed by atoms with van der Waals surface area (Å²) >= 11 is 0. The van der Waals surface area contributed by atoms with Crippen LogP contribution in [0.25, 0.3) is 0 Å². The van der Waals surface area contributed by atoms with E-state index >= 15 is 0 Å². The van der Waals surface area contributed by atoms with Crippen LogP contribution in [0.4, 0.5) is 0 Å². The zero-order valence-electron chi connectivity index (χ0n) is 71.2. The largest absolute Gasteiger partial charge is 0.472 e. The molecule has 0 aromatic carbocycles. The molecule has 0 rings (SSSR count). The molecular weight excluding hydrogens is 1400 g/mol.